The Kier molecular flexibility index (Phi) is 5.67. The van der Waals surface area contributed by atoms with Gasteiger partial charge in [0.05, 0.1) is 0 Å². The fourth-order valence-electron chi connectivity index (χ4n) is 1.77. The Labute approximate surface area is 119 Å². The molecule has 0 aliphatic rings. The van der Waals surface area contributed by atoms with Crippen LogP contribution in [-0.4, -0.2) is 47.7 Å². The number of carboxylic acid groups (broad SMARTS) is 1. The van der Waals surface area contributed by atoms with Crippen LogP contribution in [-0.2, 0) is 21.5 Å². The third-order valence-electron chi connectivity index (χ3n) is 2.81. The van der Waals surface area contributed by atoms with Gasteiger partial charge in [0.15, 0.2) is 0 Å². The third-order valence-corrected chi connectivity index (χ3v) is 4.87. The molecule has 1 rings (SSSR count). The van der Waals surface area contributed by atoms with Gasteiger partial charge in [-0.25, -0.2) is 0 Å². The first-order chi connectivity index (χ1) is 9.25. The molecule has 0 spiro atoms. The second-order valence-corrected chi connectivity index (χ2v) is 6.77. The van der Waals surface area contributed by atoms with Crippen LogP contribution in [0.5, 0.6) is 0 Å². The summed E-state index contributed by atoms with van der Waals surface area (Å²) in [5.74, 6) is -1.17. The molecular formula is C13H20N2O4S. The Balaban J connectivity index is 2.92. The topological polar surface area (TPSA) is 77.9 Å². The van der Waals surface area contributed by atoms with Gasteiger partial charge in [-0.3, -0.25) is 4.79 Å². The van der Waals surface area contributed by atoms with Crippen LogP contribution in [0.15, 0.2) is 30.3 Å². The van der Waals surface area contributed by atoms with Gasteiger partial charge in [-0.2, -0.15) is 17.0 Å². The smallest absolute Gasteiger partial charge is 0.318 e. The molecule has 0 saturated carbocycles. The number of carbonyl (C=O) groups is 1. The molecule has 0 unspecified atom stereocenters. The molecule has 0 saturated heterocycles. The van der Waals surface area contributed by atoms with Crippen LogP contribution in [0.3, 0.4) is 0 Å². The van der Waals surface area contributed by atoms with E-state index in [-0.39, 0.29) is 6.54 Å². The number of hydrogen-bond donors (Lipinski definition) is 1. The lowest BCUT2D eigenvalue weighted by molar-refractivity contribution is -0.137. The Bertz CT molecular complexity index is 543. The quantitative estimate of drug-likeness (QED) is 0.819. The minimum atomic E-state index is -3.81. The molecule has 0 aliphatic heterocycles. The van der Waals surface area contributed by atoms with E-state index in [1.54, 1.807) is 13.8 Å². The maximum absolute atomic E-state index is 12.4. The Morgan fingerprint density at radius 1 is 1.25 bits per heavy atom. The lowest BCUT2D eigenvalue weighted by atomic mass is 10.2. The van der Waals surface area contributed by atoms with Gasteiger partial charge in [-0.15, -0.1) is 0 Å². The zero-order valence-corrected chi connectivity index (χ0v) is 12.7. The zero-order chi connectivity index (χ0) is 15.3. The van der Waals surface area contributed by atoms with Crippen molar-refractivity contribution in [2.24, 2.45) is 0 Å². The average Bonchev–Trinajstić information content (AvgIpc) is 2.36. The molecule has 7 heteroatoms. The summed E-state index contributed by atoms with van der Waals surface area (Å²) in [4.78, 5) is 10.8. The summed E-state index contributed by atoms with van der Waals surface area (Å²) in [5.41, 5.74) is 0.845. The maximum Gasteiger partial charge on any atom is 0.318 e. The highest BCUT2D eigenvalue weighted by molar-refractivity contribution is 7.86. The Morgan fingerprint density at radius 3 is 2.25 bits per heavy atom. The molecule has 0 aromatic heterocycles. The van der Waals surface area contributed by atoms with E-state index in [0.29, 0.717) is 0 Å². The van der Waals surface area contributed by atoms with Crippen molar-refractivity contribution in [3.05, 3.63) is 35.9 Å². The first-order valence-electron chi connectivity index (χ1n) is 6.24. The van der Waals surface area contributed by atoms with Crippen LogP contribution in [0.1, 0.15) is 19.4 Å². The zero-order valence-electron chi connectivity index (χ0n) is 11.9. The van der Waals surface area contributed by atoms with Crippen molar-refractivity contribution < 1.29 is 18.3 Å². The summed E-state index contributed by atoms with van der Waals surface area (Å²) >= 11 is 0. The Morgan fingerprint density at radius 2 is 1.80 bits per heavy atom. The highest BCUT2D eigenvalue weighted by Gasteiger charge is 2.30. The van der Waals surface area contributed by atoms with Crippen LogP contribution >= 0.6 is 0 Å². The van der Waals surface area contributed by atoms with E-state index >= 15 is 0 Å². The summed E-state index contributed by atoms with van der Waals surface area (Å²) < 4.78 is 26.9. The molecule has 0 heterocycles. The minimum Gasteiger partial charge on any atom is -0.480 e. The number of hydrogen-bond acceptors (Lipinski definition) is 3. The van der Waals surface area contributed by atoms with Gasteiger partial charge < -0.3 is 5.11 Å². The van der Waals surface area contributed by atoms with Crippen LogP contribution in [0.2, 0.25) is 0 Å². The van der Waals surface area contributed by atoms with Gasteiger partial charge in [0.25, 0.3) is 10.2 Å². The fourth-order valence-corrected chi connectivity index (χ4v) is 3.24. The molecule has 1 aromatic rings. The number of aliphatic carboxylic acids is 1. The normalized spacial score (nSPS) is 12.3. The second-order valence-electron chi connectivity index (χ2n) is 4.78. The first-order valence-corrected chi connectivity index (χ1v) is 7.63. The molecule has 0 radical (unpaired) electrons. The molecule has 112 valence electrons. The van der Waals surface area contributed by atoms with E-state index < -0.39 is 28.8 Å². The SMILES string of the molecule is CC(C)N(CC(=O)O)S(=O)(=O)N(C)Cc1ccccc1. The van der Waals surface area contributed by atoms with Crippen molar-refractivity contribution in [2.75, 3.05) is 13.6 Å². The molecule has 0 amide bonds. The fraction of sp³-hybridized carbons (Fsp3) is 0.462. The van der Waals surface area contributed by atoms with E-state index in [1.165, 1.54) is 7.05 Å². The summed E-state index contributed by atoms with van der Waals surface area (Å²) in [6, 6.07) is 8.73. The number of carboxylic acids is 1. The molecule has 20 heavy (non-hydrogen) atoms. The summed E-state index contributed by atoms with van der Waals surface area (Å²) in [6.07, 6.45) is 0. The van der Waals surface area contributed by atoms with Gasteiger partial charge in [0.1, 0.15) is 6.54 Å². The van der Waals surface area contributed by atoms with Crippen LogP contribution in [0, 0.1) is 0 Å². The first kappa shape index (κ1) is 16.6. The average molecular weight is 300 g/mol. The van der Waals surface area contributed by atoms with E-state index in [1.807, 2.05) is 30.3 Å². The van der Waals surface area contributed by atoms with Crippen molar-refractivity contribution in [2.45, 2.75) is 26.4 Å². The molecule has 1 aromatic carbocycles. The molecule has 0 atom stereocenters. The van der Waals surface area contributed by atoms with Crippen molar-refractivity contribution in [3.8, 4) is 0 Å². The highest BCUT2D eigenvalue weighted by atomic mass is 32.2. The number of nitrogens with zero attached hydrogens (tertiary/aromatic N) is 2. The summed E-state index contributed by atoms with van der Waals surface area (Å²) in [5, 5.41) is 8.84. The number of rotatable bonds is 7. The molecule has 6 nitrogen and oxygen atoms in total. The predicted molar refractivity (Wildman–Crippen MR) is 76.3 cm³/mol. The molecule has 0 bridgehead atoms. The summed E-state index contributed by atoms with van der Waals surface area (Å²) in [6.45, 7) is 2.96. The molecule has 1 N–H and O–H groups in total. The monoisotopic (exact) mass is 300 g/mol. The van der Waals surface area contributed by atoms with E-state index in [9.17, 15) is 13.2 Å². The largest absolute Gasteiger partial charge is 0.480 e. The van der Waals surface area contributed by atoms with Crippen LogP contribution in [0.4, 0.5) is 0 Å². The van der Waals surface area contributed by atoms with Crippen molar-refractivity contribution in [3.63, 3.8) is 0 Å². The predicted octanol–water partition coefficient (Wildman–Crippen LogP) is 1.16. The highest BCUT2D eigenvalue weighted by Crippen LogP contribution is 2.14. The molecular weight excluding hydrogens is 280 g/mol. The lowest BCUT2D eigenvalue weighted by Gasteiger charge is -2.29. The van der Waals surface area contributed by atoms with Gasteiger partial charge >= 0.3 is 5.97 Å². The summed E-state index contributed by atoms with van der Waals surface area (Å²) in [7, 11) is -2.36. The lowest BCUT2D eigenvalue weighted by Crippen LogP contribution is -2.47. The number of benzene rings is 1. The van der Waals surface area contributed by atoms with Gasteiger partial charge in [-0.1, -0.05) is 30.3 Å². The van der Waals surface area contributed by atoms with Gasteiger partial charge in [0.2, 0.25) is 0 Å². The van der Waals surface area contributed by atoms with Crippen LogP contribution in [0.25, 0.3) is 0 Å². The minimum absolute atomic E-state index is 0.200. The standard InChI is InChI=1S/C13H20N2O4S/c1-11(2)15(10-13(16)17)20(18,19)14(3)9-12-7-5-4-6-8-12/h4-8,11H,9-10H2,1-3H3,(H,16,17). The molecule has 0 fully saturated rings. The Hall–Kier alpha value is -1.44. The molecule has 0 aliphatic carbocycles. The van der Waals surface area contributed by atoms with Crippen molar-refractivity contribution >= 4 is 16.2 Å². The maximum atomic E-state index is 12.4. The van der Waals surface area contributed by atoms with Crippen molar-refractivity contribution in [1.29, 1.82) is 0 Å². The third kappa shape index (κ3) is 4.29. The van der Waals surface area contributed by atoms with Gasteiger partial charge in [0, 0.05) is 19.6 Å². The van der Waals surface area contributed by atoms with Crippen molar-refractivity contribution in [1.82, 2.24) is 8.61 Å². The van der Waals surface area contributed by atoms with E-state index in [0.717, 1.165) is 14.2 Å². The van der Waals surface area contributed by atoms with E-state index in [4.69, 9.17) is 5.11 Å². The van der Waals surface area contributed by atoms with E-state index in [2.05, 4.69) is 0 Å². The second kappa shape index (κ2) is 6.83. The van der Waals surface area contributed by atoms with Crippen LogP contribution < -0.4 is 0 Å². The van der Waals surface area contributed by atoms with Gasteiger partial charge in [-0.05, 0) is 19.4 Å².